The van der Waals surface area contributed by atoms with Gasteiger partial charge in [0.25, 0.3) is 0 Å². The van der Waals surface area contributed by atoms with Crippen molar-refractivity contribution in [3.63, 3.8) is 0 Å². The van der Waals surface area contributed by atoms with E-state index in [1.165, 1.54) is 44.9 Å². The Kier molecular flexibility index (Phi) is 5.36. The van der Waals surface area contributed by atoms with Crippen LogP contribution in [0.4, 0.5) is 0 Å². The number of hydrogen-bond donors (Lipinski definition) is 2. The predicted octanol–water partition coefficient (Wildman–Crippen LogP) is 3.01. The van der Waals surface area contributed by atoms with Crippen molar-refractivity contribution in [3.8, 4) is 0 Å². The van der Waals surface area contributed by atoms with Gasteiger partial charge in [0.2, 0.25) is 5.91 Å². The molecule has 116 valence electrons. The minimum Gasteiger partial charge on any atom is -0.353 e. The molecule has 0 aliphatic heterocycles. The van der Waals surface area contributed by atoms with E-state index in [4.69, 9.17) is 5.73 Å². The molecule has 0 aromatic rings. The lowest BCUT2D eigenvalue weighted by atomic mass is 9.71. The molecule has 0 atom stereocenters. The molecule has 0 aromatic carbocycles. The average Bonchev–Trinajstić information content (AvgIpc) is 3.30. The summed E-state index contributed by atoms with van der Waals surface area (Å²) in [5, 5.41) is 3.35. The molecule has 0 radical (unpaired) electrons. The molecule has 0 saturated heterocycles. The van der Waals surface area contributed by atoms with E-state index in [0.29, 0.717) is 19.0 Å². The van der Waals surface area contributed by atoms with Gasteiger partial charge in [0.05, 0.1) is 0 Å². The smallest absolute Gasteiger partial charge is 0.220 e. The fraction of sp³-hybridized carbons (Fsp3) is 0.938. The van der Waals surface area contributed by atoms with E-state index in [2.05, 4.69) is 5.32 Å². The largest absolute Gasteiger partial charge is 0.353 e. The van der Waals surface area contributed by atoms with E-state index in [1.807, 2.05) is 0 Å². The van der Waals surface area contributed by atoms with Crippen LogP contribution in [-0.2, 0) is 4.79 Å². The fourth-order valence-electron chi connectivity index (χ4n) is 3.86. The Labute approximate surface area is 128 Å². The lowest BCUT2D eigenvalue weighted by Gasteiger charge is -2.36. The third-order valence-electron chi connectivity index (χ3n) is 5.47. The van der Waals surface area contributed by atoms with E-state index in [1.54, 1.807) is 0 Å². The van der Waals surface area contributed by atoms with Crippen LogP contribution in [0.1, 0.15) is 64.2 Å². The van der Waals surface area contributed by atoms with Crippen LogP contribution in [0.25, 0.3) is 0 Å². The van der Waals surface area contributed by atoms with Gasteiger partial charge in [-0.15, -0.1) is 12.4 Å². The number of amides is 1. The van der Waals surface area contributed by atoms with Crippen molar-refractivity contribution < 1.29 is 4.79 Å². The molecular weight excluding hydrogens is 272 g/mol. The standard InChI is InChI=1S/C16H28N2O.ClH/c17-11-16(8-2-1-3-9-16)10-14(19)18-15(12-4-5-12)13-6-7-13;/h12-13,15H,1-11,17H2,(H,18,19);1H. The molecule has 3 aliphatic rings. The van der Waals surface area contributed by atoms with E-state index < -0.39 is 0 Å². The number of nitrogens with one attached hydrogen (secondary N) is 1. The van der Waals surface area contributed by atoms with E-state index >= 15 is 0 Å². The van der Waals surface area contributed by atoms with Crippen molar-refractivity contribution in [2.45, 2.75) is 70.3 Å². The zero-order chi connectivity index (χ0) is 13.3. The van der Waals surface area contributed by atoms with Gasteiger partial charge < -0.3 is 11.1 Å². The summed E-state index contributed by atoms with van der Waals surface area (Å²) in [4.78, 5) is 12.4. The lowest BCUT2D eigenvalue weighted by molar-refractivity contribution is -0.124. The SMILES string of the molecule is Cl.NCC1(CC(=O)NC(C2CC2)C2CC2)CCCCC1. The highest BCUT2D eigenvalue weighted by atomic mass is 35.5. The van der Waals surface area contributed by atoms with Crippen LogP contribution in [0.2, 0.25) is 0 Å². The number of carbonyl (C=O) groups is 1. The van der Waals surface area contributed by atoms with Crippen molar-refractivity contribution >= 4 is 18.3 Å². The van der Waals surface area contributed by atoms with Gasteiger partial charge in [-0.3, -0.25) is 4.79 Å². The molecular formula is C16H29ClN2O. The Hall–Kier alpha value is -0.280. The second-order valence-electron chi connectivity index (χ2n) is 7.21. The fourth-order valence-corrected chi connectivity index (χ4v) is 3.86. The summed E-state index contributed by atoms with van der Waals surface area (Å²) < 4.78 is 0. The van der Waals surface area contributed by atoms with E-state index in [9.17, 15) is 4.79 Å². The van der Waals surface area contributed by atoms with Gasteiger partial charge in [-0.2, -0.15) is 0 Å². The van der Waals surface area contributed by atoms with Crippen molar-refractivity contribution in [2.75, 3.05) is 6.54 Å². The molecule has 0 spiro atoms. The summed E-state index contributed by atoms with van der Waals surface area (Å²) in [5.74, 6) is 1.85. The maximum atomic E-state index is 12.4. The highest BCUT2D eigenvalue weighted by Crippen LogP contribution is 2.45. The average molecular weight is 301 g/mol. The summed E-state index contributed by atoms with van der Waals surface area (Å²) in [6.07, 6.45) is 12.1. The van der Waals surface area contributed by atoms with Crippen molar-refractivity contribution in [1.82, 2.24) is 5.32 Å². The van der Waals surface area contributed by atoms with Crippen LogP contribution in [0, 0.1) is 17.3 Å². The number of halogens is 1. The zero-order valence-corrected chi connectivity index (χ0v) is 13.2. The molecule has 0 aromatic heterocycles. The zero-order valence-electron chi connectivity index (χ0n) is 12.4. The molecule has 3 aliphatic carbocycles. The van der Waals surface area contributed by atoms with Gasteiger partial charge in [-0.05, 0) is 62.3 Å². The van der Waals surface area contributed by atoms with Crippen LogP contribution in [0.15, 0.2) is 0 Å². The maximum absolute atomic E-state index is 12.4. The quantitative estimate of drug-likeness (QED) is 0.792. The summed E-state index contributed by atoms with van der Waals surface area (Å²) in [6.45, 7) is 0.679. The van der Waals surface area contributed by atoms with Gasteiger partial charge in [0, 0.05) is 12.5 Å². The second kappa shape index (κ2) is 6.65. The van der Waals surface area contributed by atoms with Gasteiger partial charge in [-0.1, -0.05) is 19.3 Å². The van der Waals surface area contributed by atoms with Crippen LogP contribution >= 0.6 is 12.4 Å². The topological polar surface area (TPSA) is 55.1 Å². The van der Waals surface area contributed by atoms with Crippen molar-refractivity contribution in [2.24, 2.45) is 23.0 Å². The number of carbonyl (C=O) groups excluding carboxylic acids is 1. The van der Waals surface area contributed by atoms with Crippen LogP contribution in [0.3, 0.4) is 0 Å². The molecule has 4 heteroatoms. The van der Waals surface area contributed by atoms with E-state index in [-0.39, 0.29) is 23.7 Å². The lowest BCUT2D eigenvalue weighted by Crippen LogP contribution is -2.43. The van der Waals surface area contributed by atoms with Gasteiger partial charge >= 0.3 is 0 Å². The minimum absolute atomic E-state index is 0. The van der Waals surface area contributed by atoms with Crippen LogP contribution in [-0.4, -0.2) is 18.5 Å². The first kappa shape index (κ1) is 16.1. The van der Waals surface area contributed by atoms with Gasteiger partial charge in [0.15, 0.2) is 0 Å². The molecule has 20 heavy (non-hydrogen) atoms. The highest BCUT2D eigenvalue weighted by Gasteiger charge is 2.43. The Balaban J connectivity index is 0.00000147. The minimum atomic E-state index is 0. The van der Waals surface area contributed by atoms with Crippen LogP contribution in [0.5, 0.6) is 0 Å². The predicted molar refractivity (Wildman–Crippen MR) is 83.8 cm³/mol. The third kappa shape index (κ3) is 3.88. The summed E-state index contributed by atoms with van der Waals surface area (Å²) in [5.41, 5.74) is 6.09. The van der Waals surface area contributed by atoms with Gasteiger partial charge in [-0.25, -0.2) is 0 Å². The molecule has 3 nitrogen and oxygen atoms in total. The molecule has 0 unspecified atom stereocenters. The number of rotatable bonds is 6. The van der Waals surface area contributed by atoms with Crippen LogP contribution < -0.4 is 11.1 Å². The normalized spacial score (nSPS) is 25.1. The molecule has 0 heterocycles. The Bertz CT molecular complexity index is 321. The molecule has 3 N–H and O–H groups in total. The highest BCUT2D eigenvalue weighted by molar-refractivity contribution is 5.85. The summed E-state index contributed by atoms with van der Waals surface area (Å²) in [6, 6.07) is 0.492. The summed E-state index contributed by atoms with van der Waals surface area (Å²) in [7, 11) is 0. The Morgan fingerprint density at radius 2 is 1.65 bits per heavy atom. The first-order valence-electron chi connectivity index (χ1n) is 8.22. The molecule has 1 amide bonds. The number of nitrogens with two attached hydrogens (primary N) is 1. The summed E-state index contributed by atoms with van der Waals surface area (Å²) >= 11 is 0. The molecule has 3 saturated carbocycles. The van der Waals surface area contributed by atoms with Gasteiger partial charge in [0.1, 0.15) is 0 Å². The second-order valence-corrected chi connectivity index (χ2v) is 7.21. The first-order valence-corrected chi connectivity index (χ1v) is 8.22. The molecule has 3 fully saturated rings. The number of hydrogen-bond acceptors (Lipinski definition) is 2. The van der Waals surface area contributed by atoms with E-state index in [0.717, 1.165) is 24.7 Å². The first-order chi connectivity index (χ1) is 9.22. The maximum Gasteiger partial charge on any atom is 0.220 e. The molecule has 0 bridgehead atoms. The van der Waals surface area contributed by atoms with Crippen molar-refractivity contribution in [1.29, 1.82) is 0 Å². The monoisotopic (exact) mass is 300 g/mol. The molecule has 3 rings (SSSR count). The Morgan fingerprint density at radius 3 is 2.10 bits per heavy atom. The third-order valence-corrected chi connectivity index (χ3v) is 5.47. The van der Waals surface area contributed by atoms with Crippen molar-refractivity contribution in [3.05, 3.63) is 0 Å². The Morgan fingerprint density at radius 1 is 1.10 bits per heavy atom.